The number of hydrogen-bond acceptors (Lipinski definition) is 4. The Kier molecular flexibility index (Phi) is 8.53. The van der Waals surface area contributed by atoms with Gasteiger partial charge in [-0.3, -0.25) is 0 Å². The van der Waals surface area contributed by atoms with Gasteiger partial charge in [-0.15, -0.1) is 11.8 Å². The summed E-state index contributed by atoms with van der Waals surface area (Å²) in [6.45, 7) is 5.37. The summed E-state index contributed by atoms with van der Waals surface area (Å²) in [6.07, 6.45) is 6.03. The van der Waals surface area contributed by atoms with Gasteiger partial charge in [0.2, 0.25) is 0 Å². The van der Waals surface area contributed by atoms with Crippen molar-refractivity contribution in [1.29, 1.82) is 0 Å². The van der Waals surface area contributed by atoms with Crippen LogP contribution >= 0.6 is 23.4 Å². The second kappa shape index (κ2) is 9.61. The molecule has 0 fully saturated rings. The standard InChI is InChI=1S/C15H25ClN2OS/c1-3-9-18-15(2,12-19)8-4-5-11-20-14-13(16)7-6-10-17-14/h6-7,10,18-19H,3-5,8-9,11-12H2,1-2H3. The maximum absolute atomic E-state index is 9.49. The Morgan fingerprint density at radius 3 is 2.90 bits per heavy atom. The minimum atomic E-state index is -0.149. The first-order valence-electron chi connectivity index (χ1n) is 7.20. The average Bonchev–Trinajstić information content (AvgIpc) is 2.46. The molecule has 0 radical (unpaired) electrons. The Morgan fingerprint density at radius 2 is 2.25 bits per heavy atom. The van der Waals surface area contributed by atoms with Crippen molar-refractivity contribution in [2.45, 2.75) is 50.1 Å². The first kappa shape index (κ1) is 17.8. The van der Waals surface area contributed by atoms with E-state index >= 15 is 0 Å². The lowest BCUT2D eigenvalue weighted by Crippen LogP contribution is -2.46. The van der Waals surface area contributed by atoms with E-state index in [0.29, 0.717) is 0 Å². The summed E-state index contributed by atoms with van der Waals surface area (Å²) in [7, 11) is 0. The van der Waals surface area contributed by atoms with E-state index in [-0.39, 0.29) is 12.1 Å². The smallest absolute Gasteiger partial charge is 0.115 e. The second-order valence-corrected chi connectivity index (χ2v) is 6.73. The Labute approximate surface area is 131 Å². The summed E-state index contributed by atoms with van der Waals surface area (Å²) in [5, 5.41) is 14.5. The van der Waals surface area contributed by atoms with E-state index in [2.05, 4.69) is 24.1 Å². The molecule has 0 bridgehead atoms. The van der Waals surface area contributed by atoms with Crippen molar-refractivity contribution in [3.8, 4) is 0 Å². The summed E-state index contributed by atoms with van der Waals surface area (Å²) in [5.74, 6) is 1.01. The van der Waals surface area contributed by atoms with Crippen molar-refractivity contribution in [1.82, 2.24) is 10.3 Å². The molecule has 0 aliphatic carbocycles. The van der Waals surface area contributed by atoms with Crippen LogP contribution in [0.5, 0.6) is 0 Å². The maximum Gasteiger partial charge on any atom is 0.115 e. The highest BCUT2D eigenvalue weighted by atomic mass is 35.5. The number of nitrogens with zero attached hydrogens (tertiary/aromatic N) is 1. The van der Waals surface area contributed by atoms with E-state index in [1.54, 1.807) is 18.0 Å². The van der Waals surface area contributed by atoms with Crippen molar-refractivity contribution < 1.29 is 5.11 Å². The monoisotopic (exact) mass is 316 g/mol. The molecule has 0 saturated heterocycles. The molecule has 114 valence electrons. The van der Waals surface area contributed by atoms with E-state index in [4.69, 9.17) is 11.6 Å². The second-order valence-electron chi connectivity index (χ2n) is 5.24. The molecule has 0 amide bonds. The van der Waals surface area contributed by atoms with Crippen LogP contribution in [-0.2, 0) is 0 Å². The zero-order valence-corrected chi connectivity index (χ0v) is 13.9. The van der Waals surface area contributed by atoms with Gasteiger partial charge in [0, 0.05) is 11.7 Å². The number of hydrogen-bond donors (Lipinski definition) is 2. The number of aliphatic hydroxyl groups excluding tert-OH is 1. The number of rotatable bonds is 10. The molecular weight excluding hydrogens is 292 g/mol. The van der Waals surface area contributed by atoms with Crippen molar-refractivity contribution in [3.05, 3.63) is 23.4 Å². The molecule has 3 nitrogen and oxygen atoms in total. The average molecular weight is 317 g/mol. The molecule has 0 aromatic carbocycles. The molecule has 2 N–H and O–H groups in total. The largest absolute Gasteiger partial charge is 0.394 e. The quantitative estimate of drug-likeness (QED) is 0.510. The fourth-order valence-corrected chi connectivity index (χ4v) is 3.08. The zero-order chi connectivity index (χ0) is 14.8. The topological polar surface area (TPSA) is 45.1 Å². The molecule has 1 rings (SSSR count). The molecule has 20 heavy (non-hydrogen) atoms. The van der Waals surface area contributed by atoms with Crippen LogP contribution in [-0.4, -0.2) is 34.5 Å². The zero-order valence-electron chi connectivity index (χ0n) is 12.4. The van der Waals surface area contributed by atoms with Crippen LogP contribution in [0, 0.1) is 0 Å². The first-order valence-corrected chi connectivity index (χ1v) is 8.57. The van der Waals surface area contributed by atoms with Gasteiger partial charge in [0.1, 0.15) is 5.03 Å². The fraction of sp³-hybridized carbons (Fsp3) is 0.667. The molecule has 1 unspecified atom stereocenters. The number of aliphatic hydroxyl groups is 1. The minimum Gasteiger partial charge on any atom is -0.394 e. The van der Waals surface area contributed by atoms with Crippen LogP contribution in [0.1, 0.15) is 39.5 Å². The van der Waals surface area contributed by atoms with Crippen molar-refractivity contribution in [3.63, 3.8) is 0 Å². The maximum atomic E-state index is 9.49. The Balaban J connectivity index is 2.22. The highest BCUT2D eigenvalue weighted by Crippen LogP contribution is 2.25. The molecular formula is C15H25ClN2OS. The summed E-state index contributed by atoms with van der Waals surface area (Å²) >= 11 is 7.76. The van der Waals surface area contributed by atoms with Crippen LogP contribution in [0.15, 0.2) is 23.4 Å². The number of thioether (sulfide) groups is 1. The van der Waals surface area contributed by atoms with Crippen molar-refractivity contribution in [2.75, 3.05) is 18.9 Å². The van der Waals surface area contributed by atoms with Crippen molar-refractivity contribution in [2.24, 2.45) is 0 Å². The van der Waals surface area contributed by atoms with Gasteiger partial charge in [0.05, 0.1) is 11.6 Å². The number of halogens is 1. The van der Waals surface area contributed by atoms with Crippen LogP contribution in [0.2, 0.25) is 5.02 Å². The molecule has 1 heterocycles. The van der Waals surface area contributed by atoms with E-state index in [9.17, 15) is 5.11 Å². The summed E-state index contributed by atoms with van der Waals surface area (Å²) in [4.78, 5) is 4.26. The minimum absolute atomic E-state index is 0.149. The third kappa shape index (κ3) is 6.44. The Bertz CT molecular complexity index is 392. The third-order valence-electron chi connectivity index (χ3n) is 3.24. The molecule has 1 atom stereocenters. The lowest BCUT2D eigenvalue weighted by atomic mass is 9.96. The van der Waals surface area contributed by atoms with Crippen LogP contribution < -0.4 is 5.32 Å². The highest BCUT2D eigenvalue weighted by molar-refractivity contribution is 7.99. The first-order chi connectivity index (χ1) is 9.61. The van der Waals surface area contributed by atoms with E-state index < -0.39 is 0 Å². The van der Waals surface area contributed by atoms with Gasteiger partial charge >= 0.3 is 0 Å². The van der Waals surface area contributed by atoms with E-state index in [0.717, 1.165) is 48.0 Å². The molecule has 5 heteroatoms. The Morgan fingerprint density at radius 1 is 1.45 bits per heavy atom. The molecule has 0 saturated carbocycles. The predicted octanol–water partition coefficient (Wildman–Crippen LogP) is 3.75. The van der Waals surface area contributed by atoms with Crippen LogP contribution in [0.25, 0.3) is 0 Å². The normalized spacial score (nSPS) is 14.2. The third-order valence-corrected chi connectivity index (χ3v) is 4.75. The molecule has 1 aromatic heterocycles. The van der Waals surface area contributed by atoms with Gasteiger partial charge < -0.3 is 10.4 Å². The van der Waals surface area contributed by atoms with Gasteiger partial charge in [-0.25, -0.2) is 4.98 Å². The lowest BCUT2D eigenvalue weighted by molar-refractivity contribution is 0.163. The lowest BCUT2D eigenvalue weighted by Gasteiger charge is -2.28. The molecule has 0 aliphatic heterocycles. The Hall–Kier alpha value is -0.290. The number of pyridine rings is 1. The highest BCUT2D eigenvalue weighted by Gasteiger charge is 2.21. The SMILES string of the molecule is CCCNC(C)(CO)CCCCSc1ncccc1Cl. The van der Waals surface area contributed by atoms with Crippen LogP contribution in [0.4, 0.5) is 0 Å². The number of aromatic nitrogens is 1. The van der Waals surface area contributed by atoms with Crippen LogP contribution in [0.3, 0.4) is 0 Å². The van der Waals surface area contributed by atoms with Gasteiger partial charge in [0.25, 0.3) is 0 Å². The van der Waals surface area contributed by atoms with E-state index in [1.165, 1.54) is 0 Å². The van der Waals surface area contributed by atoms with E-state index in [1.807, 2.05) is 12.1 Å². The summed E-state index contributed by atoms with van der Waals surface area (Å²) in [6, 6.07) is 3.72. The molecule has 0 aliphatic rings. The number of unbranched alkanes of at least 4 members (excludes halogenated alkanes) is 1. The predicted molar refractivity (Wildman–Crippen MR) is 87.6 cm³/mol. The fourth-order valence-electron chi connectivity index (χ4n) is 1.91. The van der Waals surface area contributed by atoms with Gasteiger partial charge in [-0.1, -0.05) is 24.9 Å². The van der Waals surface area contributed by atoms with Gasteiger partial charge in [-0.05, 0) is 50.6 Å². The van der Waals surface area contributed by atoms with Gasteiger partial charge in [0.15, 0.2) is 0 Å². The summed E-state index contributed by atoms with van der Waals surface area (Å²) in [5.41, 5.74) is -0.149. The molecule has 1 aromatic rings. The van der Waals surface area contributed by atoms with Gasteiger partial charge in [-0.2, -0.15) is 0 Å². The number of nitrogens with one attached hydrogen (secondary N) is 1. The molecule has 0 spiro atoms. The van der Waals surface area contributed by atoms with Crippen molar-refractivity contribution >= 4 is 23.4 Å². The summed E-state index contributed by atoms with van der Waals surface area (Å²) < 4.78 is 0.